The number of carbonyl (C=O) groups is 2. The van der Waals surface area contributed by atoms with Crippen LogP contribution in [0.1, 0.15) is 85.0 Å². The first kappa shape index (κ1) is 73.3. The fourth-order valence-corrected chi connectivity index (χ4v) is 8.83. The molecule has 0 radical (unpaired) electrons. The van der Waals surface area contributed by atoms with Gasteiger partial charge in [0.2, 0.25) is 29.1 Å². The Bertz CT molecular complexity index is 3150. The molecule has 0 aliphatic carbocycles. The summed E-state index contributed by atoms with van der Waals surface area (Å²) in [4.78, 5) is 24.5. The Kier molecular flexibility index (Phi) is 32.9. The van der Waals surface area contributed by atoms with Crippen LogP contribution in [-0.4, -0.2) is 72.0 Å². The number of methoxy groups -OCH3 is 2. The van der Waals surface area contributed by atoms with E-state index in [1.807, 2.05) is 38.1 Å². The summed E-state index contributed by atoms with van der Waals surface area (Å²) in [5, 5.41) is 5.21. The fourth-order valence-electron chi connectivity index (χ4n) is 5.48. The number of unbranched alkanes of at least 4 members (excludes halogenated alkanes) is 1. The van der Waals surface area contributed by atoms with Gasteiger partial charge in [0.1, 0.15) is 44.3 Å². The number of sulfonamides is 3. The van der Waals surface area contributed by atoms with E-state index in [1.54, 1.807) is 83.0 Å². The van der Waals surface area contributed by atoms with Crippen LogP contribution in [0.25, 0.3) is 0 Å². The van der Waals surface area contributed by atoms with Gasteiger partial charge in [-0.3, -0.25) is 9.59 Å². The van der Waals surface area contributed by atoms with E-state index in [2.05, 4.69) is 24.5 Å². The zero-order valence-corrected chi connectivity index (χ0v) is 44.6. The van der Waals surface area contributed by atoms with Crippen molar-refractivity contribution in [3.63, 3.8) is 0 Å². The fraction of sp³-hybridized carbons (Fsp3) is 0.235. The Morgan fingerprint density at radius 1 is 0.541 bits per heavy atom. The third kappa shape index (κ3) is 25.1. The van der Waals surface area contributed by atoms with Gasteiger partial charge in [-0.1, -0.05) is 95.3 Å². The van der Waals surface area contributed by atoms with Crippen LogP contribution in [0, 0.1) is 20.8 Å². The molecular formula is C51H64ClLi2N2O14S4+. The third-order valence-electron chi connectivity index (χ3n) is 8.81. The molecule has 0 aliphatic rings. The van der Waals surface area contributed by atoms with E-state index in [0.29, 0.717) is 33.8 Å². The van der Waals surface area contributed by atoms with E-state index in [0.717, 1.165) is 36.1 Å². The van der Waals surface area contributed by atoms with Crippen molar-refractivity contribution in [2.75, 3.05) is 26.7 Å². The first-order chi connectivity index (χ1) is 32.2. The summed E-state index contributed by atoms with van der Waals surface area (Å²) in [5.41, 5.74) is 4.30. The first-order valence-electron chi connectivity index (χ1n) is 20.3. The Balaban J connectivity index is -0.00000111. The predicted octanol–water partition coefficient (Wildman–Crippen LogP) is 4.66. The standard InChI is InChI=1S/C22H21NO7S2.C21H19NO5S.C4H9.CH3ClO2S.3CH4.2Li/c1-15-4-6-16(7-5-15)22(24)17-8-10-18(11-9-17)30-19-12-13-20(29-2)21(14-19)32(27,28)23-31(3,25)26;1-14-3-5-15(6-4-14)21(23)16-7-9-17(10-8-16)27-18-11-12-19(26-2)20(13-18)28(22,24)25;1-3-4-2;1-5(2,3)4;;;;;/h4-14,23H,1-3H3;3-13H,1-2H3,(H2,22,24,25);1,3-4H2,2H3;1H3;3*1H4;;/q;;-1;;;;;2*+1. The smallest absolute Gasteiger partial charge is 0.495 e. The van der Waals surface area contributed by atoms with Crippen LogP contribution in [0.5, 0.6) is 34.5 Å². The minimum Gasteiger partial charge on any atom is -0.495 e. The number of ether oxygens (including phenoxy) is 4. The molecule has 0 unspecified atom stereocenters. The molecule has 16 nitrogen and oxygen atoms in total. The van der Waals surface area contributed by atoms with E-state index in [-0.39, 0.29) is 99.5 Å². The molecule has 23 heteroatoms. The molecule has 6 aromatic rings. The molecule has 6 aromatic carbocycles. The molecule has 0 aliphatic heterocycles. The normalized spacial score (nSPS) is 10.5. The van der Waals surface area contributed by atoms with Crippen molar-refractivity contribution in [3.8, 4) is 34.5 Å². The van der Waals surface area contributed by atoms with Crippen LogP contribution in [0.3, 0.4) is 0 Å². The van der Waals surface area contributed by atoms with Gasteiger partial charge < -0.3 is 25.9 Å². The maximum Gasteiger partial charge on any atom is 1.00 e. The SMILES string of the molecule is C.C.C.COc1ccc(Oc2ccc(C(=O)c3ccc(C)cc3)cc2)cc1S(=O)(=O)NS(C)(=O)=O.COc1ccc(Oc2ccc(C(=O)c3ccc(C)cc3)cc2)cc1S(N)(=O)=O.CS(=O)(=O)Cl.[CH2-]CCC.[Li+].[Li+]. The van der Waals surface area contributed by atoms with Crippen molar-refractivity contribution in [1.29, 1.82) is 0 Å². The number of hydrogen-bond acceptors (Lipinski definition) is 14. The van der Waals surface area contributed by atoms with Crippen molar-refractivity contribution in [1.82, 2.24) is 4.13 Å². The van der Waals surface area contributed by atoms with Crippen LogP contribution < -0.4 is 65.9 Å². The van der Waals surface area contributed by atoms with Gasteiger partial charge in [0, 0.05) is 45.1 Å². The molecule has 0 amide bonds. The van der Waals surface area contributed by atoms with Crippen LogP contribution in [-0.2, 0) is 39.1 Å². The maximum atomic E-state index is 12.6. The summed E-state index contributed by atoms with van der Waals surface area (Å²) in [6.07, 6.45) is 3.94. The van der Waals surface area contributed by atoms with Gasteiger partial charge in [-0.2, -0.15) is 6.42 Å². The average molecular weight is 1110 g/mol. The first-order valence-corrected chi connectivity index (χ1v) is 27.9. The molecule has 74 heavy (non-hydrogen) atoms. The summed E-state index contributed by atoms with van der Waals surface area (Å²) < 4.78 is 113. The molecule has 3 N–H and O–H groups in total. The van der Waals surface area contributed by atoms with E-state index >= 15 is 0 Å². The number of primary sulfonamides is 1. The number of ketones is 2. The van der Waals surface area contributed by atoms with Crippen LogP contribution in [0.2, 0.25) is 0 Å². The monoisotopic (exact) mass is 1110 g/mol. The molecule has 0 bridgehead atoms. The number of carbonyl (C=O) groups excluding carboxylic acids is 2. The van der Waals surface area contributed by atoms with E-state index in [4.69, 9.17) is 24.1 Å². The molecule has 0 saturated carbocycles. The molecular weight excluding hydrogens is 1040 g/mol. The Morgan fingerprint density at radius 3 is 1.08 bits per heavy atom. The van der Waals surface area contributed by atoms with Crippen molar-refractivity contribution in [2.45, 2.75) is 65.7 Å². The minimum atomic E-state index is -4.41. The van der Waals surface area contributed by atoms with E-state index in [1.165, 1.54) is 44.9 Å². The number of halogens is 1. The second kappa shape index (κ2) is 33.2. The quantitative estimate of drug-likeness (QED) is 0.0615. The van der Waals surface area contributed by atoms with E-state index < -0.39 is 44.0 Å². The number of nitrogens with two attached hydrogens (primary N) is 1. The second-order valence-corrected chi connectivity index (χ2v) is 22.9. The van der Waals surface area contributed by atoms with Gasteiger partial charge in [-0.25, -0.2) is 38.8 Å². The molecule has 394 valence electrons. The van der Waals surface area contributed by atoms with Gasteiger partial charge in [-0.05, 0) is 86.6 Å². The van der Waals surface area contributed by atoms with Gasteiger partial charge in [0.15, 0.2) is 11.6 Å². The molecule has 0 heterocycles. The topological polar surface area (TPSA) is 246 Å². The van der Waals surface area contributed by atoms with E-state index in [9.17, 15) is 43.3 Å². The summed E-state index contributed by atoms with van der Waals surface area (Å²) in [6, 6.07) is 35.8. The van der Waals surface area contributed by atoms with Gasteiger partial charge in [0.25, 0.3) is 10.0 Å². The van der Waals surface area contributed by atoms with Gasteiger partial charge >= 0.3 is 37.7 Å². The second-order valence-electron chi connectivity index (χ2n) is 14.7. The summed E-state index contributed by atoms with van der Waals surface area (Å²) in [7, 11) is -8.48. The summed E-state index contributed by atoms with van der Waals surface area (Å²) in [6.45, 7) is 9.62. The van der Waals surface area contributed by atoms with Crippen molar-refractivity contribution in [2.24, 2.45) is 5.14 Å². The number of hydrogen-bond donors (Lipinski definition) is 2. The number of nitrogens with one attached hydrogen (secondary N) is 1. The molecule has 6 rings (SSSR count). The zero-order chi connectivity index (χ0) is 51.7. The molecule has 0 saturated heterocycles. The van der Waals surface area contributed by atoms with Gasteiger partial charge in [0.05, 0.1) is 26.7 Å². The molecule has 0 aromatic heterocycles. The Hall–Kier alpha value is -4.94. The number of benzene rings is 6. The molecule has 0 atom stereocenters. The summed E-state index contributed by atoms with van der Waals surface area (Å²) >= 11 is 0. The molecule has 0 spiro atoms. The number of rotatable bonds is 15. The Morgan fingerprint density at radius 2 is 0.811 bits per heavy atom. The zero-order valence-electron chi connectivity index (χ0n) is 40.6. The maximum absolute atomic E-state index is 12.6. The van der Waals surface area contributed by atoms with Crippen LogP contribution >= 0.6 is 10.7 Å². The predicted molar refractivity (Wildman–Crippen MR) is 286 cm³/mol. The Labute approximate surface area is 467 Å². The molecule has 0 fully saturated rings. The van der Waals surface area contributed by atoms with Crippen molar-refractivity contribution in [3.05, 3.63) is 174 Å². The largest absolute Gasteiger partial charge is 1.00 e. The van der Waals surface area contributed by atoms with Crippen molar-refractivity contribution >= 4 is 61.4 Å². The number of aryl methyl sites for hydroxylation is 2. The minimum absolute atomic E-state index is 0. The third-order valence-corrected chi connectivity index (χ3v) is 12.7. The summed E-state index contributed by atoms with van der Waals surface area (Å²) in [5.74, 6) is 1.08. The van der Waals surface area contributed by atoms with Crippen LogP contribution in [0.15, 0.2) is 143 Å². The average Bonchev–Trinajstić information content (AvgIpc) is 3.28. The van der Waals surface area contributed by atoms with Gasteiger partial charge in [-0.15, -0.1) is 4.13 Å². The van der Waals surface area contributed by atoms with Crippen molar-refractivity contribution < 1.29 is 99.9 Å². The van der Waals surface area contributed by atoms with Crippen LogP contribution in [0.4, 0.5) is 0 Å².